The van der Waals surface area contributed by atoms with Gasteiger partial charge in [-0.25, -0.2) is 4.68 Å². The third-order valence-corrected chi connectivity index (χ3v) is 3.72. The van der Waals surface area contributed by atoms with Gasteiger partial charge in [-0.1, -0.05) is 11.1 Å². The number of aryl methyl sites for hydroxylation is 2. The molecule has 1 aromatic rings. The predicted octanol–water partition coefficient (Wildman–Crippen LogP) is 3.28. The summed E-state index contributed by atoms with van der Waals surface area (Å²) in [4.78, 5) is 12.4. The van der Waals surface area contributed by atoms with Crippen LogP contribution in [0, 0.1) is 19.8 Å². The van der Waals surface area contributed by atoms with Crippen LogP contribution in [0.4, 0.5) is 0 Å². The Balaban J connectivity index is 2.20. The number of carbonyl (C=O) groups excluding carboxylic acids is 1. The second-order valence-corrected chi connectivity index (χ2v) is 5.18. The molecule has 3 heteroatoms. The van der Waals surface area contributed by atoms with Gasteiger partial charge < -0.3 is 0 Å². The summed E-state index contributed by atoms with van der Waals surface area (Å²) in [5.74, 6) is 0.263. The molecular formula is C14H20N2O. The fourth-order valence-corrected chi connectivity index (χ4v) is 2.49. The lowest BCUT2D eigenvalue weighted by molar-refractivity contribution is 0.0802. The van der Waals surface area contributed by atoms with Crippen molar-refractivity contribution in [2.45, 2.75) is 47.0 Å². The second-order valence-electron chi connectivity index (χ2n) is 5.18. The average molecular weight is 232 g/mol. The molecule has 0 saturated carbocycles. The van der Waals surface area contributed by atoms with Crippen LogP contribution in [0.1, 0.15) is 49.3 Å². The number of rotatable bonds is 1. The van der Waals surface area contributed by atoms with Crippen molar-refractivity contribution < 1.29 is 4.79 Å². The van der Waals surface area contributed by atoms with Crippen LogP contribution in [-0.4, -0.2) is 15.7 Å². The molecule has 1 heterocycles. The first kappa shape index (κ1) is 12.1. The van der Waals surface area contributed by atoms with E-state index in [4.69, 9.17) is 0 Å². The number of hydrogen-bond acceptors (Lipinski definition) is 2. The van der Waals surface area contributed by atoms with E-state index in [-0.39, 0.29) is 11.8 Å². The molecular weight excluding hydrogens is 212 g/mol. The van der Waals surface area contributed by atoms with E-state index in [9.17, 15) is 4.79 Å². The summed E-state index contributed by atoms with van der Waals surface area (Å²) in [6, 6.07) is 1.95. The summed E-state index contributed by atoms with van der Waals surface area (Å²) in [5.41, 5.74) is 4.67. The van der Waals surface area contributed by atoms with Crippen LogP contribution >= 0.6 is 0 Å². The van der Waals surface area contributed by atoms with Gasteiger partial charge in [0.05, 0.1) is 5.69 Å². The molecule has 0 amide bonds. The van der Waals surface area contributed by atoms with Crippen molar-refractivity contribution in [2.75, 3.05) is 0 Å². The normalized spacial score (nSPS) is 20.8. The third kappa shape index (κ3) is 2.33. The van der Waals surface area contributed by atoms with Crippen LogP contribution in [0.25, 0.3) is 0 Å². The van der Waals surface area contributed by atoms with Gasteiger partial charge in [-0.05, 0) is 53.0 Å². The second kappa shape index (κ2) is 4.47. The zero-order valence-corrected chi connectivity index (χ0v) is 11.1. The van der Waals surface area contributed by atoms with E-state index in [1.807, 2.05) is 19.9 Å². The minimum absolute atomic E-state index is 0.108. The van der Waals surface area contributed by atoms with Gasteiger partial charge >= 0.3 is 0 Å². The summed E-state index contributed by atoms with van der Waals surface area (Å²) in [5, 5.41) is 4.28. The van der Waals surface area contributed by atoms with Crippen molar-refractivity contribution >= 4 is 5.91 Å². The summed E-state index contributed by atoms with van der Waals surface area (Å²) in [6.45, 7) is 8.16. The maximum Gasteiger partial charge on any atom is 0.250 e. The Hall–Kier alpha value is -1.38. The summed E-state index contributed by atoms with van der Waals surface area (Å²) < 4.78 is 1.58. The Kier molecular flexibility index (Phi) is 3.18. The molecule has 1 aliphatic carbocycles. The fourth-order valence-electron chi connectivity index (χ4n) is 2.49. The molecule has 0 N–H and O–H groups in total. The Morgan fingerprint density at radius 1 is 1.29 bits per heavy atom. The molecule has 1 unspecified atom stereocenters. The van der Waals surface area contributed by atoms with Gasteiger partial charge in [-0.15, -0.1) is 0 Å². The Morgan fingerprint density at radius 2 is 2.00 bits per heavy atom. The van der Waals surface area contributed by atoms with Crippen LogP contribution in [-0.2, 0) is 0 Å². The number of carbonyl (C=O) groups is 1. The van der Waals surface area contributed by atoms with E-state index >= 15 is 0 Å². The molecule has 0 spiro atoms. The van der Waals surface area contributed by atoms with Crippen LogP contribution in [0.3, 0.4) is 0 Å². The first-order chi connectivity index (χ1) is 7.99. The molecule has 3 nitrogen and oxygen atoms in total. The number of aromatic nitrogens is 2. The van der Waals surface area contributed by atoms with E-state index in [0.717, 1.165) is 30.7 Å². The first-order valence-corrected chi connectivity index (χ1v) is 6.21. The Bertz CT molecular complexity index is 482. The number of hydrogen-bond donors (Lipinski definition) is 0. The molecule has 0 aliphatic heterocycles. The van der Waals surface area contributed by atoms with Crippen LogP contribution < -0.4 is 0 Å². The SMILES string of the molecule is CC1=C(C)CC(C(=O)n2nc(C)cc2C)CC1. The van der Waals surface area contributed by atoms with Crippen molar-refractivity contribution in [1.82, 2.24) is 9.78 Å². The smallest absolute Gasteiger partial charge is 0.250 e. The summed E-state index contributed by atoms with van der Waals surface area (Å²) >= 11 is 0. The van der Waals surface area contributed by atoms with Crippen LogP contribution in [0.5, 0.6) is 0 Å². The van der Waals surface area contributed by atoms with E-state index in [0.29, 0.717) is 0 Å². The van der Waals surface area contributed by atoms with Crippen molar-refractivity contribution in [3.05, 3.63) is 28.6 Å². The van der Waals surface area contributed by atoms with Gasteiger partial charge in [0.15, 0.2) is 0 Å². The predicted molar refractivity (Wildman–Crippen MR) is 68.0 cm³/mol. The van der Waals surface area contributed by atoms with E-state index in [1.54, 1.807) is 4.68 Å². The highest BCUT2D eigenvalue weighted by atomic mass is 16.2. The largest absolute Gasteiger partial charge is 0.272 e. The highest BCUT2D eigenvalue weighted by molar-refractivity contribution is 5.81. The van der Waals surface area contributed by atoms with Crippen LogP contribution in [0.15, 0.2) is 17.2 Å². The average Bonchev–Trinajstić information content (AvgIpc) is 2.61. The highest BCUT2D eigenvalue weighted by Gasteiger charge is 2.25. The van der Waals surface area contributed by atoms with Gasteiger partial charge in [-0.3, -0.25) is 4.79 Å². The topological polar surface area (TPSA) is 34.9 Å². The summed E-state index contributed by atoms with van der Waals surface area (Å²) in [7, 11) is 0. The highest BCUT2D eigenvalue weighted by Crippen LogP contribution is 2.30. The molecule has 92 valence electrons. The minimum atomic E-state index is 0.108. The first-order valence-electron chi connectivity index (χ1n) is 6.21. The Labute approximate surface area is 103 Å². The van der Waals surface area contributed by atoms with Gasteiger partial charge in [0.1, 0.15) is 0 Å². The van der Waals surface area contributed by atoms with Crippen molar-refractivity contribution in [3.63, 3.8) is 0 Å². The quantitative estimate of drug-likeness (QED) is 0.696. The molecule has 0 radical (unpaired) electrons. The Morgan fingerprint density at radius 3 is 2.53 bits per heavy atom. The maximum absolute atomic E-state index is 12.4. The molecule has 17 heavy (non-hydrogen) atoms. The molecule has 1 aromatic heterocycles. The molecule has 0 fully saturated rings. The lowest BCUT2D eigenvalue weighted by Gasteiger charge is -2.23. The van der Waals surface area contributed by atoms with Gasteiger partial charge in [0, 0.05) is 11.6 Å². The zero-order chi connectivity index (χ0) is 12.6. The minimum Gasteiger partial charge on any atom is -0.272 e. The van der Waals surface area contributed by atoms with Gasteiger partial charge in [0.25, 0.3) is 5.91 Å². The lowest BCUT2D eigenvalue weighted by Crippen LogP contribution is -2.26. The lowest BCUT2D eigenvalue weighted by atomic mass is 9.84. The maximum atomic E-state index is 12.4. The van der Waals surface area contributed by atoms with Gasteiger partial charge in [-0.2, -0.15) is 5.10 Å². The zero-order valence-electron chi connectivity index (χ0n) is 11.1. The molecule has 2 rings (SSSR count). The number of nitrogens with zero attached hydrogens (tertiary/aromatic N) is 2. The molecule has 1 atom stereocenters. The van der Waals surface area contributed by atoms with Crippen molar-refractivity contribution in [2.24, 2.45) is 5.92 Å². The standard InChI is InChI=1S/C14H20N2O/c1-9-5-6-13(7-10(9)2)14(17)16-12(4)8-11(3)15-16/h8,13H,5-7H2,1-4H3. The van der Waals surface area contributed by atoms with E-state index in [2.05, 4.69) is 18.9 Å². The van der Waals surface area contributed by atoms with Crippen molar-refractivity contribution in [1.29, 1.82) is 0 Å². The molecule has 0 saturated heterocycles. The third-order valence-electron chi connectivity index (χ3n) is 3.72. The monoisotopic (exact) mass is 232 g/mol. The van der Waals surface area contributed by atoms with Gasteiger partial charge in [0.2, 0.25) is 0 Å². The van der Waals surface area contributed by atoms with Crippen molar-refractivity contribution in [3.8, 4) is 0 Å². The van der Waals surface area contributed by atoms with Crippen LogP contribution in [0.2, 0.25) is 0 Å². The van der Waals surface area contributed by atoms with E-state index < -0.39 is 0 Å². The fraction of sp³-hybridized carbons (Fsp3) is 0.571. The molecule has 1 aliphatic rings. The number of allylic oxidation sites excluding steroid dienone is 2. The van der Waals surface area contributed by atoms with E-state index in [1.165, 1.54) is 11.1 Å². The molecule has 0 aromatic carbocycles. The summed E-state index contributed by atoms with van der Waals surface area (Å²) in [6.07, 6.45) is 2.89. The molecule has 0 bridgehead atoms.